The molecule has 3 rings (SSSR count). The van der Waals surface area contributed by atoms with Gasteiger partial charge in [-0.3, -0.25) is 0 Å². The third-order valence-corrected chi connectivity index (χ3v) is 4.95. The van der Waals surface area contributed by atoms with Crippen molar-refractivity contribution in [2.24, 2.45) is 0 Å². The Labute approximate surface area is 193 Å². The van der Waals surface area contributed by atoms with E-state index in [0.717, 1.165) is 21.6 Å². The van der Waals surface area contributed by atoms with Crippen molar-refractivity contribution in [2.45, 2.75) is 19.6 Å². The highest BCUT2D eigenvalue weighted by Crippen LogP contribution is 2.15. The van der Waals surface area contributed by atoms with Gasteiger partial charge in [0.25, 0.3) is 0 Å². The lowest BCUT2D eigenvalue weighted by atomic mass is 10.1. The second kappa shape index (κ2) is 12.1. The summed E-state index contributed by atoms with van der Waals surface area (Å²) >= 11 is 0. The molecule has 3 aromatic rings. The molecule has 0 heterocycles. The number of carbonyl (C=O) groups is 2. The highest BCUT2D eigenvalue weighted by Gasteiger charge is 2.24. The molecule has 0 spiro atoms. The maximum atomic E-state index is 12.8. The lowest BCUT2D eigenvalue weighted by molar-refractivity contribution is 0.0702. The van der Waals surface area contributed by atoms with E-state index in [0.29, 0.717) is 17.9 Å². The molecule has 0 fully saturated rings. The summed E-state index contributed by atoms with van der Waals surface area (Å²) in [4.78, 5) is 26.5. The molecule has 33 heavy (non-hydrogen) atoms. The molecule has 0 N–H and O–H groups in total. The maximum absolute atomic E-state index is 12.8. The molecule has 0 atom stereocenters. The third-order valence-electron chi connectivity index (χ3n) is 4.95. The normalized spacial score (nSPS) is 10.2. The number of amides is 2. The molecule has 0 aliphatic heterocycles. The molecular weight excluding hydrogens is 422 g/mol. The van der Waals surface area contributed by atoms with Crippen LogP contribution in [-0.2, 0) is 29.1 Å². The topological polar surface area (TPSA) is 74.3 Å². The zero-order valence-electron chi connectivity index (χ0n) is 18.7. The van der Waals surface area contributed by atoms with Crippen molar-refractivity contribution in [1.82, 2.24) is 4.90 Å². The van der Waals surface area contributed by atoms with Gasteiger partial charge in [0.05, 0.1) is 14.2 Å². The van der Waals surface area contributed by atoms with E-state index < -0.39 is 12.2 Å². The van der Waals surface area contributed by atoms with Gasteiger partial charge in [0.2, 0.25) is 0 Å². The van der Waals surface area contributed by atoms with Gasteiger partial charge in [0.15, 0.2) is 0 Å². The lowest BCUT2D eigenvalue weighted by Crippen LogP contribution is -2.39. The zero-order valence-corrected chi connectivity index (χ0v) is 18.7. The van der Waals surface area contributed by atoms with Crippen LogP contribution in [0.4, 0.5) is 9.59 Å². The minimum Gasteiger partial charge on any atom is -0.497 e. The average Bonchev–Trinajstić information content (AvgIpc) is 2.87. The molecule has 0 radical (unpaired) electrons. The van der Waals surface area contributed by atoms with Crippen LogP contribution >= 0.6 is 0 Å². The summed E-state index contributed by atoms with van der Waals surface area (Å²) in [6.45, 7) is 0.180. The number of benzene rings is 3. The largest absolute Gasteiger partial charge is 0.497 e. The van der Waals surface area contributed by atoms with E-state index in [9.17, 15) is 9.59 Å². The first-order valence-electron chi connectivity index (χ1n) is 10.5. The highest BCUT2D eigenvalue weighted by molar-refractivity contribution is 5.87. The quantitative estimate of drug-likeness (QED) is 0.446. The highest BCUT2D eigenvalue weighted by atomic mass is 16.6. The monoisotopic (exact) mass is 449 g/mol. The van der Waals surface area contributed by atoms with Crippen molar-refractivity contribution in [3.05, 3.63) is 95.6 Å². The first kappa shape index (κ1) is 23.7. The summed E-state index contributed by atoms with van der Waals surface area (Å²) < 4.78 is 21.0. The average molecular weight is 450 g/mol. The molecule has 172 valence electrons. The van der Waals surface area contributed by atoms with Crippen molar-refractivity contribution in [1.29, 1.82) is 0 Å². The first-order valence-corrected chi connectivity index (χ1v) is 10.5. The Balaban J connectivity index is 1.62. The Hall–Kier alpha value is -4.00. The lowest BCUT2D eigenvalue weighted by Gasteiger charge is -2.20. The number of rotatable bonds is 9. The Morgan fingerprint density at radius 2 is 1.09 bits per heavy atom. The van der Waals surface area contributed by atoms with Gasteiger partial charge >= 0.3 is 12.2 Å². The molecule has 0 bridgehead atoms. The van der Waals surface area contributed by atoms with Crippen LogP contribution < -0.4 is 9.47 Å². The van der Waals surface area contributed by atoms with Crippen LogP contribution in [-0.4, -0.2) is 37.9 Å². The Kier molecular flexibility index (Phi) is 8.71. The fourth-order valence-electron chi connectivity index (χ4n) is 3.03. The summed E-state index contributed by atoms with van der Waals surface area (Å²) in [7, 11) is 3.16. The van der Waals surface area contributed by atoms with Gasteiger partial charge in [-0.25, -0.2) is 14.5 Å². The van der Waals surface area contributed by atoms with Gasteiger partial charge < -0.3 is 18.9 Å². The molecular formula is C26H27NO6. The van der Waals surface area contributed by atoms with Crippen molar-refractivity contribution >= 4 is 12.2 Å². The Morgan fingerprint density at radius 1 is 0.636 bits per heavy atom. The standard InChI is InChI=1S/C26H27NO6/c1-30-23-12-8-21(9-13-23)18-32-25(28)27(17-16-20-6-4-3-5-7-20)26(29)33-19-22-10-14-24(31-2)15-11-22/h3-15H,16-19H2,1-2H3. The van der Waals surface area contributed by atoms with Crippen LogP contribution in [0.15, 0.2) is 78.9 Å². The van der Waals surface area contributed by atoms with Crippen LogP contribution in [0.5, 0.6) is 11.5 Å². The summed E-state index contributed by atoms with van der Waals surface area (Å²) in [6, 6.07) is 23.9. The first-order chi connectivity index (χ1) is 16.1. The van der Waals surface area contributed by atoms with E-state index >= 15 is 0 Å². The Bertz CT molecular complexity index is 955. The van der Waals surface area contributed by atoms with Crippen LogP contribution in [0, 0.1) is 0 Å². The van der Waals surface area contributed by atoms with E-state index in [1.165, 1.54) is 0 Å². The molecule has 0 saturated carbocycles. The summed E-state index contributed by atoms with van der Waals surface area (Å²) in [5.74, 6) is 1.41. The van der Waals surface area contributed by atoms with Gasteiger partial charge in [-0.15, -0.1) is 0 Å². The van der Waals surface area contributed by atoms with Crippen LogP contribution in [0.25, 0.3) is 0 Å². The van der Waals surface area contributed by atoms with Gasteiger partial charge in [0.1, 0.15) is 24.7 Å². The summed E-state index contributed by atoms with van der Waals surface area (Å²) in [6.07, 6.45) is -1.04. The minimum atomic E-state index is -0.763. The van der Waals surface area contributed by atoms with Gasteiger partial charge in [-0.05, 0) is 47.4 Å². The second-order valence-corrected chi connectivity index (χ2v) is 7.19. The number of carbonyl (C=O) groups excluding carboxylic acids is 2. The van der Waals surface area contributed by atoms with Crippen LogP contribution in [0.3, 0.4) is 0 Å². The predicted octanol–water partition coefficient (Wildman–Crippen LogP) is 5.22. The number of hydrogen-bond acceptors (Lipinski definition) is 6. The molecule has 0 aromatic heterocycles. The van der Waals surface area contributed by atoms with Gasteiger partial charge in [-0.2, -0.15) is 0 Å². The minimum absolute atomic E-state index is 0.0242. The van der Waals surface area contributed by atoms with Gasteiger partial charge in [-0.1, -0.05) is 54.6 Å². The number of ether oxygens (including phenoxy) is 4. The van der Waals surface area contributed by atoms with Crippen molar-refractivity contribution in [2.75, 3.05) is 20.8 Å². The van der Waals surface area contributed by atoms with Crippen LogP contribution in [0.2, 0.25) is 0 Å². The molecule has 0 aliphatic carbocycles. The van der Waals surface area contributed by atoms with Crippen LogP contribution in [0.1, 0.15) is 16.7 Å². The maximum Gasteiger partial charge on any atom is 0.419 e. The third kappa shape index (κ3) is 7.28. The number of hydrogen-bond donors (Lipinski definition) is 0. The van der Waals surface area contributed by atoms with Gasteiger partial charge in [0, 0.05) is 6.54 Å². The summed E-state index contributed by atoms with van der Waals surface area (Å²) in [5.41, 5.74) is 2.55. The molecule has 2 amide bonds. The zero-order chi connectivity index (χ0) is 23.5. The smallest absolute Gasteiger partial charge is 0.419 e. The van der Waals surface area contributed by atoms with E-state index in [1.807, 2.05) is 30.3 Å². The second-order valence-electron chi connectivity index (χ2n) is 7.19. The fraction of sp³-hybridized carbons (Fsp3) is 0.231. The number of methoxy groups -OCH3 is 2. The van der Waals surface area contributed by atoms with Crippen molar-refractivity contribution in [3.63, 3.8) is 0 Å². The van der Waals surface area contributed by atoms with E-state index in [-0.39, 0.29) is 19.8 Å². The Morgan fingerprint density at radius 3 is 1.52 bits per heavy atom. The molecule has 3 aromatic carbocycles. The molecule has 7 nitrogen and oxygen atoms in total. The van der Waals surface area contributed by atoms with E-state index in [4.69, 9.17) is 18.9 Å². The van der Waals surface area contributed by atoms with Crippen molar-refractivity contribution < 1.29 is 28.5 Å². The molecule has 0 saturated heterocycles. The van der Waals surface area contributed by atoms with Crippen molar-refractivity contribution in [3.8, 4) is 11.5 Å². The van der Waals surface area contributed by atoms with E-state index in [1.54, 1.807) is 62.8 Å². The molecule has 0 unspecified atom stereocenters. The molecule has 7 heteroatoms. The number of nitrogens with zero attached hydrogens (tertiary/aromatic N) is 1. The SMILES string of the molecule is COc1ccc(COC(=O)N(CCc2ccccc2)C(=O)OCc2ccc(OC)cc2)cc1. The number of imide groups is 1. The fourth-order valence-corrected chi connectivity index (χ4v) is 3.03. The van der Waals surface area contributed by atoms with E-state index in [2.05, 4.69) is 0 Å². The molecule has 0 aliphatic rings. The summed E-state index contributed by atoms with van der Waals surface area (Å²) in [5, 5.41) is 0. The predicted molar refractivity (Wildman–Crippen MR) is 123 cm³/mol.